The fourth-order valence-electron chi connectivity index (χ4n) is 2.60. The highest BCUT2D eigenvalue weighted by Crippen LogP contribution is 2.18. The molecule has 29 heavy (non-hydrogen) atoms. The molecular formula is C24H19ClN2O2. The van der Waals surface area contributed by atoms with Gasteiger partial charge < -0.3 is 10.1 Å². The minimum atomic E-state index is -0.447. The Morgan fingerprint density at radius 1 is 1.10 bits per heavy atom. The minimum absolute atomic E-state index is 0.0261. The molecule has 0 unspecified atom stereocenters. The summed E-state index contributed by atoms with van der Waals surface area (Å²) in [6, 6.07) is 24.0. The predicted octanol–water partition coefficient (Wildman–Crippen LogP) is 5.77. The van der Waals surface area contributed by atoms with Gasteiger partial charge >= 0.3 is 0 Å². The van der Waals surface area contributed by atoms with Gasteiger partial charge in [0.1, 0.15) is 24.0 Å². The molecule has 0 atom stereocenters. The second-order valence-electron chi connectivity index (χ2n) is 6.48. The molecular weight excluding hydrogens is 384 g/mol. The molecule has 0 fully saturated rings. The van der Waals surface area contributed by atoms with Crippen molar-refractivity contribution in [2.45, 2.75) is 13.5 Å². The molecule has 0 saturated carbocycles. The molecule has 3 aromatic carbocycles. The smallest absolute Gasteiger partial charge is 0.266 e. The molecule has 0 aromatic heterocycles. The quantitative estimate of drug-likeness (QED) is 0.420. The van der Waals surface area contributed by atoms with Gasteiger partial charge in [-0.1, -0.05) is 53.6 Å². The van der Waals surface area contributed by atoms with Crippen LogP contribution in [0.2, 0.25) is 5.02 Å². The number of nitrogens with zero attached hydrogens (tertiary/aromatic N) is 1. The van der Waals surface area contributed by atoms with Crippen LogP contribution in [0, 0.1) is 18.3 Å². The van der Waals surface area contributed by atoms with Crippen LogP contribution in [0.15, 0.2) is 78.4 Å². The van der Waals surface area contributed by atoms with E-state index in [1.54, 1.807) is 42.5 Å². The molecule has 0 saturated heterocycles. The second-order valence-corrected chi connectivity index (χ2v) is 6.91. The van der Waals surface area contributed by atoms with Crippen molar-refractivity contribution in [1.29, 1.82) is 5.26 Å². The number of carbonyl (C=O) groups excluding carboxylic acids is 1. The number of aryl methyl sites for hydroxylation is 1. The topological polar surface area (TPSA) is 62.1 Å². The molecule has 0 aliphatic carbocycles. The van der Waals surface area contributed by atoms with Gasteiger partial charge in [-0.15, -0.1) is 0 Å². The van der Waals surface area contributed by atoms with E-state index >= 15 is 0 Å². The molecule has 0 aliphatic rings. The highest BCUT2D eigenvalue weighted by Gasteiger charge is 2.09. The second kappa shape index (κ2) is 9.59. The lowest BCUT2D eigenvalue weighted by atomic mass is 10.1. The van der Waals surface area contributed by atoms with Gasteiger partial charge in [-0.25, -0.2) is 0 Å². The summed E-state index contributed by atoms with van der Waals surface area (Å²) in [6.45, 7) is 2.37. The summed E-state index contributed by atoms with van der Waals surface area (Å²) in [6.07, 6.45) is 1.55. The van der Waals surface area contributed by atoms with E-state index in [9.17, 15) is 10.1 Å². The van der Waals surface area contributed by atoms with Crippen molar-refractivity contribution in [2.24, 2.45) is 0 Å². The van der Waals surface area contributed by atoms with Crippen LogP contribution >= 0.6 is 11.6 Å². The van der Waals surface area contributed by atoms with Crippen LogP contribution in [0.5, 0.6) is 5.75 Å². The lowest BCUT2D eigenvalue weighted by molar-refractivity contribution is -0.112. The van der Waals surface area contributed by atoms with Gasteiger partial charge in [0, 0.05) is 10.7 Å². The first-order valence-corrected chi connectivity index (χ1v) is 9.38. The van der Waals surface area contributed by atoms with Gasteiger partial charge in [0.15, 0.2) is 0 Å². The Balaban J connectivity index is 1.64. The number of anilines is 1. The van der Waals surface area contributed by atoms with E-state index in [0.717, 1.165) is 16.7 Å². The molecule has 0 bridgehead atoms. The van der Waals surface area contributed by atoms with Crippen LogP contribution < -0.4 is 10.1 Å². The molecule has 3 aromatic rings. The monoisotopic (exact) mass is 402 g/mol. The van der Waals surface area contributed by atoms with Crippen molar-refractivity contribution in [3.05, 3.63) is 100 Å². The Bertz CT molecular complexity index is 1070. The largest absolute Gasteiger partial charge is 0.489 e. The van der Waals surface area contributed by atoms with E-state index in [2.05, 4.69) is 5.32 Å². The van der Waals surface area contributed by atoms with Crippen molar-refractivity contribution in [3.8, 4) is 11.8 Å². The molecule has 3 rings (SSSR count). The lowest BCUT2D eigenvalue weighted by Gasteiger charge is -2.07. The van der Waals surface area contributed by atoms with E-state index in [0.29, 0.717) is 23.1 Å². The van der Waals surface area contributed by atoms with Crippen LogP contribution in [0.25, 0.3) is 6.08 Å². The number of halogens is 1. The third-order valence-electron chi connectivity index (χ3n) is 4.16. The third kappa shape index (κ3) is 5.97. The highest BCUT2D eigenvalue weighted by molar-refractivity contribution is 6.30. The first-order valence-electron chi connectivity index (χ1n) is 9.00. The lowest BCUT2D eigenvalue weighted by Crippen LogP contribution is -2.13. The van der Waals surface area contributed by atoms with Crippen LogP contribution in [-0.2, 0) is 11.4 Å². The predicted molar refractivity (Wildman–Crippen MR) is 116 cm³/mol. The molecule has 0 heterocycles. The number of rotatable bonds is 6. The number of benzene rings is 3. The zero-order chi connectivity index (χ0) is 20.6. The van der Waals surface area contributed by atoms with Gasteiger partial charge in [-0.3, -0.25) is 4.79 Å². The molecule has 144 valence electrons. The van der Waals surface area contributed by atoms with Crippen LogP contribution in [0.4, 0.5) is 5.69 Å². The van der Waals surface area contributed by atoms with Crippen molar-refractivity contribution in [2.75, 3.05) is 5.32 Å². The van der Waals surface area contributed by atoms with Gasteiger partial charge in [0.05, 0.1) is 0 Å². The molecule has 0 radical (unpaired) electrons. The molecule has 0 aliphatic heterocycles. The number of hydrogen-bond donors (Lipinski definition) is 1. The van der Waals surface area contributed by atoms with Gasteiger partial charge in [-0.05, 0) is 60.5 Å². The summed E-state index contributed by atoms with van der Waals surface area (Å²) in [5.41, 5.74) is 3.47. The number of nitrogens with one attached hydrogen (secondary N) is 1. The fraction of sp³-hybridized carbons (Fsp3) is 0.0833. The number of carbonyl (C=O) groups is 1. The van der Waals surface area contributed by atoms with Gasteiger partial charge in [0.25, 0.3) is 5.91 Å². The van der Waals surface area contributed by atoms with Crippen molar-refractivity contribution in [1.82, 2.24) is 0 Å². The summed E-state index contributed by atoms with van der Waals surface area (Å²) in [4.78, 5) is 12.3. The molecule has 1 N–H and O–H groups in total. The average Bonchev–Trinajstić information content (AvgIpc) is 2.73. The SMILES string of the molecule is Cc1ccc(NC(=O)/C(C#N)=C/c2ccc(OCc3cccc(Cl)c3)cc2)cc1. The number of amides is 1. The minimum Gasteiger partial charge on any atom is -0.489 e. The summed E-state index contributed by atoms with van der Waals surface area (Å²) in [5, 5.41) is 12.7. The van der Waals surface area contributed by atoms with Gasteiger partial charge in [-0.2, -0.15) is 5.26 Å². The van der Waals surface area contributed by atoms with E-state index < -0.39 is 5.91 Å². The average molecular weight is 403 g/mol. The Morgan fingerprint density at radius 2 is 1.83 bits per heavy atom. The van der Waals surface area contributed by atoms with Crippen molar-refractivity contribution in [3.63, 3.8) is 0 Å². The van der Waals surface area contributed by atoms with E-state index in [1.165, 1.54) is 0 Å². The summed E-state index contributed by atoms with van der Waals surface area (Å²) in [5.74, 6) is 0.238. The van der Waals surface area contributed by atoms with Crippen LogP contribution in [0.3, 0.4) is 0 Å². The van der Waals surface area contributed by atoms with Crippen LogP contribution in [-0.4, -0.2) is 5.91 Å². The Morgan fingerprint density at radius 3 is 2.48 bits per heavy atom. The maximum Gasteiger partial charge on any atom is 0.266 e. The standard InChI is InChI=1S/C24H19ClN2O2/c1-17-5-9-22(10-6-17)27-24(28)20(15-26)13-18-7-11-23(12-8-18)29-16-19-3-2-4-21(25)14-19/h2-14H,16H2,1H3,(H,27,28)/b20-13+. The first-order chi connectivity index (χ1) is 14.0. The molecule has 5 heteroatoms. The summed E-state index contributed by atoms with van der Waals surface area (Å²) in [7, 11) is 0. The van der Waals surface area contributed by atoms with E-state index in [-0.39, 0.29) is 5.57 Å². The number of ether oxygens (including phenoxy) is 1. The maximum atomic E-state index is 12.3. The maximum absolute atomic E-state index is 12.3. The van der Waals surface area contributed by atoms with E-state index in [1.807, 2.05) is 49.4 Å². The molecule has 0 spiro atoms. The first kappa shape index (κ1) is 20.2. The normalized spacial score (nSPS) is 10.9. The highest BCUT2D eigenvalue weighted by atomic mass is 35.5. The number of nitriles is 1. The Hall–Kier alpha value is -3.55. The fourth-order valence-corrected chi connectivity index (χ4v) is 2.82. The zero-order valence-electron chi connectivity index (χ0n) is 15.9. The Labute approximate surface area is 175 Å². The molecule has 4 nitrogen and oxygen atoms in total. The molecule has 1 amide bonds. The van der Waals surface area contributed by atoms with Crippen molar-refractivity contribution < 1.29 is 9.53 Å². The summed E-state index contributed by atoms with van der Waals surface area (Å²) < 4.78 is 5.75. The summed E-state index contributed by atoms with van der Waals surface area (Å²) >= 11 is 5.97. The van der Waals surface area contributed by atoms with E-state index in [4.69, 9.17) is 16.3 Å². The van der Waals surface area contributed by atoms with Gasteiger partial charge in [0.2, 0.25) is 0 Å². The van der Waals surface area contributed by atoms with Crippen molar-refractivity contribution >= 4 is 29.3 Å². The Kier molecular flexibility index (Phi) is 6.67. The van der Waals surface area contributed by atoms with Crippen LogP contribution in [0.1, 0.15) is 16.7 Å². The number of hydrogen-bond acceptors (Lipinski definition) is 3. The zero-order valence-corrected chi connectivity index (χ0v) is 16.6. The third-order valence-corrected chi connectivity index (χ3v) is 4.40.